The molecule has 2 N–H and O–H groups in total. The van der Waals surface area contributed by atoms with Crippen molar-refractivity contribution in [3.8, 4) is 0 Å². The highest BCUT2D eigenvalue weighted by Gasteiger charge is 2.44. The number of hydrogen-bond donors (Lipinski definition) is 2. The lowest BCUT2D eigenvalue weighted by Crippen LogP contribution is -2.24. The fourth-order valence-electron chi connectivity index (χ4n) is 2.92. The maximum atomic E-state index is 12.6. The molecule has 1 fully saturated rings. The molecule has 1 amide bonds. The van der Waals surface area contributed by atoms with Crippen molar-refractivity contribution in [3.05, 3.63) is 58.5 Å². The number of furan rings is 1. The molecule has 1 aromatic carbocycles. The van der Waals surface area contributed by atoms with Gasteiger partial charge in [-0.2, -0.15) is 13.2 Å². The summed E-state index contributed by atoms with van der Waals surface area (Å²) in [6.45, 7) is 1.58. The molecule has 2 unspecified atom stereocenters. The fourth-order valence-corrected chi connectivity index (χ4v) is 2.92. The molecule has 5 nitrogen and oxygen atoms in total. The lowest BCUT2D eigenvalue weighted by Gasteiger charge is -2.07. The highest BCUT2D eigenvalue weighted by molar-refractivity contribution is 5.89. The van der Waals surface area contributed by atoms with Crippen molar-refractivity contribution in [2.24, 2.45) is 5.92 Å². The second-order valence-corrected chi connectivity index (χ2v) is 6.27. The van der Waals surface area contributed by atoms with E-state index in [1.807, 2.05) is 0 Å². The van der Waals surface area contributed by atoms with Crippen LogP contribution in [0.2, 0.25) is 0 Å². The molecule has 26 heavy (non-hydrogen) atoms. The van der Waals surface area contributed by atoms with E-state index < -0.39 is 17.7 Å². The van der Waals surface area contributed by atoms with Crippen molar-refractivity contribution in [1.29, 1.82) is 0 Å². The number of carbonyl (C=O) groups excluding carboxylic acids is 1. The summed E-state index contributed by atoms with van der Waals surface area (Å²) in [7, 11) is 0. The number of carbonyl (C=O) groups is 2. The van der Waals surface area contributed by atoms with Crippen LogP contribution in [0.15, 0.2) is 34.7 Å². The topological polar surface area (TPSA) is 79.5 Å². The van der Waals surface area contributed by atoms with E-state index in [-0.39, 0.29) is 35.6 Å². The molecule has 0 bridgehead atoms. The minimum absolute atomic E-state index is 0.0447. The number of halogens is 3. The zero-order valence-electron chi connectivity index (χ0n) is 13.8. The lowest BCUT2D eigenvalue weighted by molar-refractivity contribution is -0.137. The van der Waals surface area contributed by atoms with Gasteiger partial charge in [0, 0.05) is 5.92 Å². The minimum Gasteiger partial charge on any atom is -0.478 e. The van der Waals surface area contributed by atoms with Gasteiger partial charge in [-0.05, 0) is 43.0 Å². The molecule has 1 aliphatic carbocycles. The first kappa shape index (κ1) is 18.0. The second kappa shape index (κ2) is 6.51. The Balaban J connectivity index is 1.56. The molecule has 2 aromatic rings. The van der Waals surface area contributed by atoms with E-state index in [9.17, 15) is 22.8 Å². The van der Waals surface area contributed by atoms with Crippen molar-refractivity contribution in [2.75, 3.05) is 0 Å². The summed E-state index contributed by atoms with van der Waals surface area (Å²) in [5.74, 6) is -1.16. The summed E-state index contributed by atoms with van der Waals surface area (Å²) in [6.07, 6.45) is -3.82. The van der Waals surface area contributed by atoms with Gasteiger partial charge in [0.25, 0.3) is 0 Å². The quantitative estimate of drug-likeness (QED) is 0.844. The van der Waals surface area contributed by atoms with Crippen LogP contribution in [0.3, 0.4) is 0 Å². The van der Waals surface area contributed by atoms with Crippen LogP contribution in [0.4, 0.5) is 13.2 Å². The first-order valence-corrected chi connectivity index (χ1v) is 7.94. The zero-order valence-corrected chi connectivity index (χ0v) is 13.8. The van der Waals surface area contributed by atoms with Crippen LogP contribution in [-0.2, 0) is 17.5 Å². The number of amides is 1. The molecule has 0 saturated heterocycles. The van der Waals surface area contributed by atoms with Gasteiger partial charge in [0.2, 0.25) is 5.91 Å². The van der Waals surface area contributed by atoms with Gasteiger partial charge in [-0.15, -0.1) is 0 Å². The molecule has 1 saturated carbocycles. The van der Waals surface area contributed by atoms with Crippen molar-refractivity contribution < 1.29 is 32.3 Å². The fraction of sp³-hybridized carbons (Fsp3) is 0.333. The SMILES string of the molecule is Cc1oc(CNC(=O)C2CC2c2ccc(C(F)(F)F)cc2)cc1C(=O)O. The third-order valence-electron chi connectivity index (χ3n) is 4.43. The summed E-state index contributed by atoms with van der Waals surface area (Å²) in [5.41, 5.74) is 0.0220. The highest BCUT2D eigenvalue weighted by Crippen LogP contribution is 2.48. The minimum atomic E-state index is -4.38. The summed E-state index contributed by atoms with van der Waals surface area (Å²) >= 11 is 0. The van der Waals surface area contributed by atoms with Crippen LogP contribution in [0.25, 0.3) is 0 Å². The van der Waals surface area contributed by atoms with Crippen LogP contribution in [0, 0.1) is 12.8 Å². The Kier molecular flexibility index (Phi) is 4.52. The standard InChI is InChI=1S/C18H16F3NO4/c1-9-13(17(24)25)6-12(26-9)8-22-16(23)15-7-14(15)10-2-4-11(5-3-10)18(19,20)21/h2-6,14-15H,7-8H2,1H3,(H,22,23)(H,24,25). The number of nitrogens with one attached hydrogen (secondary N) is 1. The van der Waals surface area contributed by atoms with Gasteiger partial charge >= 0.3 is 12.1 Å². The van der Waals surface area contributed by atoms with Gasteiger partial charge in [0.15, 0.2) is 0 Å². The molecule has 138 valence electrons. The summed E-state index contributed by atoms with van der Waals surface area (Å²) in [4.78, 5) is 23.1. The van der Waals surface area contributed by atoms with Gasteiger partial charge < -0.3 is 14.8 Å². The van der Waals surface area contributed by atoms with Crippen LogP contribution in [0.1, 0.15) is 45.3 Å². The smallest absolute Gasteiger partial charge is 0.416 e. The van der Waals surface area contributed by atoms with Gasteiger partial charge in [-0.3, -0.25) is 4.79 Å². The Morgan fingerprint density at radius 1 is 1.27 bits per heavy atom. The lowest BCUT2D eigenvalue weighted by atomic mass is 10.1. The number of rotatable bonds is 5. The molecule has 1 aromatic heterocycles. The number of carboxylic acids is 1. The number of benzene rings is 1. The van der Waals surface area contributed by atoms with Crippen molar-refractivity contribution >= 4 is 11.9 Å². The Morgan fingerprint density at radius 3 is 2.46 bits per heavy atom. The molecule has 8 heteroatoms. The van der Waals surface area contributed by atoms with Crippen molar-refractivity contribution in [3.63, 3.8) is 0 Å². The van der Waals surface area contributed by atoms with Crippen LogP contribution in [-0.4, -0.2) is 17.0 Å². The Hall–Kier alpha value is -2.77. The molecular weight excluding hydrogens is 351 g/mol. The van der Waals surface area contributed by atoms with Gasteiger partial charge in [-0.1, -0.05) is 12.1 Å². The maximum absolute atomic E-state index is 12.6. The highest BCUT2D eigenvalue weighted by atomic mass is 19.4. The average molecular weight is 367 g/mol. The van der Waals surface area contributed by atoms with Gasteiger partial charge in [0.05, 0.1) is 12.1 Å². The largest absolute Gasteiger partial charge is 0.478 e. The molecule has 1 aliphatic rings. The molecule has 3 rings (SSSR count). The molecule has 1 heterocycles. The van der Waals surface area contributed by atoms with Crippen LogP contribution >= 0.6 is 0 Å². The van der Waals surface area contributed by atoms with E-state index in [0.717, 1.165) is 12.1 Å². The number of aryl methyl sites for hydroxylation is 1. The van der Waals surface area contributed by atoms with E-state index >= 15 is 0 Å². The third kappa shape index (κ3) is 3.74. The van der Waals surface area contributed by atoms with E-state index in [0.29, 0.717) is 17.7 Å². The first-order chi connectivity index (χ1) is 12.2. The number of aromatic carboxylic acids is 1. The normalized spacial score (nSPS) is 19.2. The van der Waals surface area contributed by atoms with Crippen molar-refractivity contribution in [1.82, 2.24) is 5.32 Å². The monoisotopic (exact) mass is 367 g/mol. The van der Waals surface area contributed by atoms with Crippen LogP contribution in [0.5, 0.6) is 0 Å². The average Bonchev–Trinajstić information content (AvgIpc) is 3.28. The summed E-state index contributed by atoms with van der Waals surface area (Å²) in [6, 6.07) is 6.19. The maximum Gasteiger partial charge on any atom is 0.416 e. The predicted octanol–water partition coefficient (Wildman–Crippen LogP) is 3.72. The van der Waals surface area contributed by atoms with Gasteiger partial charge in [0.1, 0.15) is 17.1 Å². The molecule has 0 spiro atoms. The molecule has 0 radical (unpaired) electrons. The Morgan fingerprint density at radius 2 is 1.92 bits per heavy atom. The van der Waals surface area contributed by atoms with Gasteiger partial charge in [-0.25, -0.2) is 4.79 Å². The predicted molar refractivity (Wildman–Crippen MR) is 84.5 cm³/mol. The van der Waals surface area contributed by atoms with Crippen LogP contribution < -0.4 is 5.32 Å². The number of alkyl halides is 3. The summed E-state index contributed by atoms with van der Waals surface area (Å²) in [5, 5.41) is 11.6. The van der Waals surface area contributed by atoms with Crippen molar-refractivity contribution in [2.45, 2.75) is 32.0 Å². The third-order valence-corrected chi connectivity index (χ3v) is 4.43. The number of carboxylic acid groups (broad SMARTS) is 1. The number of hydrogen-bond acceptors (Lipinski definition) is 3. The second-order valence-electron chi connectivity index (χ2n) is 6.27. The Bertz CT molecular complexity index is 839. The zero-order chi connectivity index (χ0) is 19.1. The molecular formula is C18H16F3NO4. The van der Waals surface area contributed by atoms with E-state index in [1.165, 1.54) is 25.1 Å². The van der Waals surface area contributed by atoms with E-state index in [2.05, 4.69) is 5.32 Å². The Labute approximate surface area is 146 Å². The molecule has 2 atom stereocenters. The molecule has 0 aliphatic heterocycles. The van der Waals surface area contributed by atoms with E-state index in [4.69, 9.17) is 9.52 Å². The first-order valence-electron chi connectivity index (χ1n) is 7.94. The van der Waals surface area contributed by atoms with E-state index in [1.54, 1.807) is 0 Å². The summed E-state index contributed by atoms with van der Waals surface area (Å²) < 4.78 is 43.0.